The molecule has 1 aromatic rings. The van der Waals surface area contributed by atoms with E-state index in [1.165, 1.54) is 0 Å². The van der Waals surface area contributed by atoms with Gasteiger partial charge < -0.3 is 24.5 Å². The van der Waals surface area contributed by atoms with Crippen molar-refractivity contribution >= 4 is 5.91 Å². The van der Waals surface area contributed by atoms with Crippen LogP contribution in [0.3, 0.4) is 0 Å². The average molecular weight is 323 g/mol. The summed E-state index contributed by atoms with van der Waals surface area (Å²) in [7, 11) is 0. The predicted molar refractivity (Wildman–Crippen MR) is 82.6 cm³/mol. The van der Waals surface area contributed by atoms with Crippen molar-refractivity contribution in [3.8, 4) is 0 Å². The van der Waals surface area contributed by atoms with Gasteiger partial charge in [0, 0.05) is 37.5 Å². The Morgan fingerprint density at radius 3 is 3.17 bits per heavy atom. The third-order valence-corrected chi connectivity index (χ3v) is 4.65. The van der Waals surface area contributed by atoms with Crippen LogP contribution in [0.15, 0.2) is 12.4 Å². The monoisotopic (exact) mass is 323 g/mol. The molecule has 2 aliphatic rings. The Morgan fingerprint density at radius 1 is 1.57 bits per heavy atom. The second-order valence-corrected chi connectivity index (χ2v) is 6.80. The van der Waals surface area contributed by atoms with E-state index in [1.54, 1.807) is 12.4 Å². The summed E-state index contributed by atoms with van der Waals surface area (Å²) in [4.78, 5) is 22.2. The molecular weight excluding hydrogens is 298 g/mol. The van der Waals surface area contributed by atoms with Crippen molar-refractivity contribution in [2.24, 2.45) is 11.3 Å². The normalized spacial score (nSPS) is 32.5. The quantitative estimate of drug-likeness (QED) is 0.856. The summed E-state index contributed by atoms with van der Waals surface area (Å²) in [5, 5.41) is 9.63. The minimum Gasteiger partial charge on any atom is -0.396 e. The molecule has 2 N–H and O–H groups in total. The van der Waals surface area contributed by atoms with E-state index in [2.05, 4.69) is 9.97 Å². The minimum absolute atomic E-state index is 0.000437. The third-order valence-electron chi connectivity index (χ3n) is 4.65. The van der Waals surface area contributed by atoms with Crippen LogP contribution in [0.5, 0.6) is 0 Å². The molecule has 0 bridgehead atoms. The fourth-order valence-corrected chi connectivity index (χ4v) is 3.33. The standard InChI is InChI=1S/C16H25N3O4/c1-16(10-20)9-19(6-8-22-11-16)15(21)12-3-2-7-23-13(12)14-17-4-5-18-14/h4-5,12-13,20H,2-3,6-11H2,1H3,(H,17,18)/t12-,13-,16?/m1/s1. The Labute approximate surface area is 136 Å². The van der Waals surface area contributed by atoms with Crippen molar-refractivity contribution in [3.63, 3.8) is 0 Å². The zero-order valence-corrected chi connectivity index (χ0v) is 13.5. The van der Waals surface area contributed by atoms with Gasteiger partial charge in [-0.15, -0.1) is 0 Å². The number of aliphatic hydroxyl groups is 1. The second kappa shape index (κ2) is 6.98. The van der Waals surface area contributed by atoms with Gasteiger partial charge >= 0.3 is 0 Å². The number of H-pyrrole nitrogens is 1. The molecule has 1 amide bonds. The molecule has 0 spiro atoms. The number of nitrogens with one attached hydrogen (secondary N) is 1. The lowest BCUT2D eigenvalue weighted by molar-refractivity contribution is -0.147. The number of aromatic amines is 1. The van der Waals surface area contributed by atoms with Crippen LogP contribution in [0.4, 0.5) is 0 Å². The maximum atomic E-state index is 13.1. The number of hydrogen-bond acceptors (Lipinski definition) is 5. The van der Waals surface area contributed by atoms with E-state index >= 15 is 0 Å². The van der Waals surface area contributed by atoms with Gasteiger partial charge in [0.25, 0.3) is 0 Å². The first-order valence-electron chi connectivity index (χ1n) is 8.21. The third kappa shape index (κ3) is 3.57. The summed E-state index contributed by atoms with van der Waals surface area (Å²) < 4.78 is 11.4. The van der Waals surface area contributed by atoms with Gasteiger partial charge in [0.2, 0.25) is 5.91 Å². The number of aliphatic hydroxyl groups excluding tert-OH is 1. The van der Waals surface area contributed by atoms with Crippen molar-refractivity contribution in [1.29, 1.82) is 0 Å². The summed E-state index contributed by atoms with van der Waals surface area (Å²) >= 11 is 0. The van der Waals surface area contributed by atoms with Gasteiger partial charge in [-0.25, -0.2) is 4.98 Å². The number of amides is 1. The van der Waals surface area contributed by atoms with Crippen molar-refractivity contribution < 1.29 is 19.4 Å². The molecule has 0 aromatic carbocycles. The van der Waals surface area contributed by atoms with Crippen LogP contribution in [0, 0.1) is 11.3 Å². The van der Waals surface area contributed by atoms with Gasteiger partial charge in [0.05, 0.1) is 25.7 Å². The molecule has 0 saturated carbocycles. The van der Waals surface area contributed by atoms with Crippen LogP contribution in [0.1, 0.15) is 31.7 Å². The number of aromatic nitrogens is 2. The maximum Gasteiger partial charge on any atom is 0.228 e. The van der Waals surface area contributed by atoms with Crippen LogP contribution in [0.2, 0.25) is 0 Å². The largest absolute Gasteiger partial charge is 0.396 e. The van der Waals surface area contributed by atoms with Gasteiger partial charge in [-0.2, -0.15) is 0 Å². The second-order valence-electron chi connectivity index (χ2n) is 6.80. The Morgan fingerprint density at radius 2 is 2.43 bits per heavy atom. The van der Waals surface area contributed by atoms with Crippen LogP contribution >= 0.6 is 0 Å². The molecule has 3 rings (SSSR count). The average Bonchev–Trinajstić information content (AvgIpc) is 3.04. The molecule has 1 aromatic heterocycles. The zero-order valence-electron chi connectivity index (χ0n) is 13.5. The van der Waals surface area contributed by atoms with Gasteiger partial charge in [-0.05, 0) is 12.8 Å². The molecule has 0 aliphatic carbocycles. The first kappa shape index (κ1) is 16.4. The number of rotatable bonds is 3. The Balaban J connectivity index is 1.76. The van der Waals surface area contributed by atoms with E-state index in [9.17, 15) is 9.90 Å². The van der Waals surface area contributed by atoms with E-state index < -0.39 is 5.41 Å². The fraction of sp³-hybridized carbons (Fsp3) is 0.750. The molecule has 23 heavy (non-hydrogen) atoms. The Hall–Kier alpha value is -1.44. The number of ether oxygens (including phenoxy) is 2. The number of carbonyl (C=O) groups excluding carboxylic acids is 1. The van der Waals surface area contributed by atoms with Crippen LogP contribution < -0.4 is 0 Å². The molecule has 2 fully saturated rings. The molecular formula is C16H25N3O4. The summed E-state index contributed by atoms with van der Waals surface area (Å²) in [5.41, 5.74) is -0.415. The smallest absolute Gasteiger partial charge is 0.228 e. The first-order chi connectivity index (χ1) is 11.1. The molecule has 1 unspecified atom stereocenters. The highest BCUT2D eigenvalue weighted by atomic mass is 16.5. The number of carbonyl (C=O) groups is 1. The number of hydrogen-bond donors (Lipinski definition) is 2. The van der Waals surface area contributed by atoms with E-state index in [4.69, 9.17) is 9.47 Å². The van der Waals surface area contributed by atoms with E-state index in [0.717, 1.165) is 12.8 Å². The first-order valence-corrected chi connectivity index (χ1v) is 8.21. The Bertz CT molecular complexity index is 521. The van der Waals surface area contributed by atoms with E-state index in [0.29, 0.717) is 38.7 Å². The highest BCUT2D eigenvalue weighted by molar-refractivity contribution is 5.79. The molecule has 128 valence electrons. The van der Waals surface area contributed by atoms with Gasteiger partial charge in [-0.1, -0.05) is 6.92 Å². The van der Waals surface area contributed by atoms with Gasteiger partial charge in [0.15, 0.2) is 0 Å². The molecule has 7 nitrogen and oxygen atoms in total. The van der Waals surface area contributed by atoms with E-state index in [1.807, 2.05) is 11.8 Å². The zero-order chi connectivity index (χ0) is 16.3. The van der Waals surface area contributed by atoms with Crippen LogP contribution in [0.25, 0.3) is 0 Å². The molecule has 7 heteroatoms. The number of imidazole rings is 1. The summed E-state index contributed by atoms with van der Waals surface area (Å²) in [6.07, 6.45) is 4.76. The van der Waals surface area contributed by atoms with Crippen LogP contribution in [-0.4, -0.2) is 65.4 Å². The molecule has 3 heterocycles. The minimum atomic E-state index is -0.415. The molecule has 3 atom stereocenters. The van der Waals surface area contributed by atoms with Crippen molar-refractivity contribution in [2.75, 3.05) is 39.5 Å². The molecule has 0 radical (unpaired) electrons. The predicted octanol–water partition coefficient (Wildman–Crippen LogP) is 0.735. The van der Waals surface area contributed by atoms with E-state index in [-0.39, 0.29) is 24.5 Å². The van der Waals surface area contributed by atoms with Gasteiger partial charge in [-0.3, -0.25) is 4.79 Å². The van der Waals surface area contributed by atoms with Crippen molar-refractivity contribution in [2.45, 2.75) is 25.9 Å². The highest BCUT2D eigenvalue weighted by Gasteiger charge is 2.40. The van der Waals surface area contributed by atoms with Crippen molar-refractivity contribution in [3.05, 3.63) is 18.2 Å². The lowest BCUT2D eigenvalue weighted by Crippen LogP contribution is -2.46. The van der Waals surface area contributed by atoms with Crippen molar-refractivity contribution in [1.82, 2.24) is 14.9 Å². The number of nitrogens with zero attached hydrogens (tertiary/aromatic N) is 2. The lowest BCUT2D eigenvalue weighted by Gasteiger charge is -2.36. The summed E-state index contributed by atoms with van der Waals surface area (Å²) in [6.45, 7) is 4.61. The van der Waals surface area contributed by atoms with Crippen LogP contribution in [-0.2, 0) is 14.3 Å². The maximum absolute atomic E-state index is 13.1. The SMILES string of the molecule is CC1(CO)COCCN(C(=O)[C@@H]2CCCO[C@H]2c2ncc[nH]2)C1. The summed E-state index contributed by atoms with van der Waals surface area (Å²) in [6, 6.07) is 0. The summed E-state index contributed by atoms with van der Waals surface area (Å²) in [5.74, 6) is 0.534. The molecule has 2 aliphatic heterocycles. The topological polar surface area (TPSA) is 87.7 Å². The lowest BCUT2D eigenvalue weighted by atomic mass is 9.89. The Kier molecular flexibility index (Phi) is 4.99. The molecule has 2 saturated heterocycles. The van der Waals surface area contributed by atoms with Gasteiger partial charge in [0.1, 0.15) is 11.9 Å². The highest BCUT2D eigenvalue weighted by Crippen LogP contribution is 2.34. The fourth-order valence-electron chi connectivity index (χ4n) is 3.33.